The van der Waals surface area contributed by atoms with Crippen LogP contribution in [0.3, 0.4) is 0 Å². The normalized spacial score (nSPS) is 16.1. The summed E-state index contributed by atoms with van der Waals surface area (Å²) in [5.74, 6) is 2.15. The fourth-order valence-electron chi connectivity index (χ4n) is 1.67. The number of nitrogens with zero attached hydrogens (tertiary/aromatic N) is 1. The summed E-state index contributed by atoms with van der Waals surface area (Å²) in [7, 11) is 0. The van der Waals surface area contributed by atoms with Crippen LogP contribution in [0.1, 0.15) is 25.8 Å². The summed E-state index contributed by atoms with van der Waals surface area (Å²) < 4.78 is 11.0. The molecule has 1 aromatic carbocycles. The van der Waals surface area contributed by atoms with Crippen molar-refractivity contribution >= 4 is 5.71 Å². The number of oxime groups is 1. The topological polar surface area (TPSA) is 51.0 Å². The second-order valence-corrected chi connectivity index (χ2v) is 4.52. The van der Waals surface area contributed by atoms with E-state index in [0.29, 0.717) is 24.8 Å². The molecule has 0 bridgehead atoms. The van der Waals surface area contributed by atoms with Gasteiger partial charge in [-0.1, -0.05) is 19.0 Å². The van der Waals surface area contributed by atoms with Crippen molar-refractivity contribution in [3.05, 3.63) is 23.8 Å². The van der Waals surface area contributed by atoms with Gasteiger partial charge in [-0.15, -0.1) is 0 Å². The van der Waals surface area contributed by atoms with Gasteiger partial charge in [0.1, 0.15) is 23.8 Å². The molecule has 92 valence electrons. The minimum atomic E-state index is 0.321. The largest absolute Gasteiger partial charge is 0.493 e. The molecule has 2 rings (SSSR count). The summed E-state index contributed by atoms with van der Waals surface area (Å²) in [5.41, 5.74) is 1.40. The van der Waals surface area contributed by atoms with Gasteiger partial charge in [0.15, 0.2) is 0 Å². The summed E-state index contributed by atoms with van der Waals surface area (Å²) in [6.45, 7) is 5.36. The standard InChI is InChI=1S/C13H17NO3/c1-9(2)5-6-16-10-3-4-11-12(14-15)8-17-13(11)7-10/h3-4,7,9,15H,5-6,8H2,1-2H3. The molecule has 0 fully saturated rings. The van der Waals surface area contributed by atoms with Crippen molar-refractivity contribution in [2.75, 3.05) is 13.2 Å². The van der Waals surface area contributed by atoms with E-state index in [1.54, 1.807) is 0 Å². The summed E-state index contributed by atoms with van der Waals surface area (Å²) in [4.78, 5) is 0. The van der Waals surface area contributed by atoms with Crippen molar-refractivity contribution < 1.29 is 14.7 Å². The third-order valence-electron chi connectivity index (χ3n) is 2.71. The Kier molecular flexibility index (Phi) is 3.52. The van der Waals surface area contributed by atoms with E-state index in [1.165, 1.54) is 0 Å². The highest BCUT2D eigenvalue weighted by Crippen LogP contribution is 2.30. The third kappa shape index (κ3) is 2.70. The quantitative estimate of drug-likeness (QED) is 0.644. The van der Waals surface area contributed by atoms with E-state index in [2.05, 4.69) is 19.0 Å². The lowest BCUT2D eigenvalue weighted by Gasteiger charge is -2.08. The molecule has 0 saturated heterocycles. The van der Waals surface area contributed by atoms with Crippen LogP contribution in [-0.4, -0.2) is 24.1 Å². The van der Waals surface area contributed by atoms with E-state index in [-0.39, 0.29) is 0 Å². The van der Waals surface area contributed by atoms with E-state index in [1.807, 2.05) is 18.2 Å². The van der Waals surface area contributed by atoms with Crippen LogP contribution in [0.2, 0.25) is 0 Å². The molecule has 17 heavy (non-hydrogen) atoms. The predicted molar refractivity (Wildman–Crippen MR) is 65.2 cm³/mol. The zero-order chi connectivity index (χ0) is 12.3. The predicted octanol–water partition coefficient (Wildman–Crippen LogP) is 2.68. The Morgan fingerprint density at radius 2 is 2.29 bits per heavy atom. The molecular weight excluding hydrogens is 218 g/mol. The minimum Gasteiger partial charge on any atom is -0.493 e. The summed E-state index contributed by atoms with van der Waals surface area (Å²) in [5, 5.41) is 12.0. The second-order valence-electron chi connectivity index (χ2n) is 4.52. The van der Waals surface area contributed by atoms with Gasteiger partial charge in [0.05, 0.1) is 6.61 Å². The van der Waals surface area contributed by atoms with Gasteiger partial charge in [0, 0.05) is 11.6 Å². The van der Waals surface area contributed by atoms with Crippen molar-refractivity contribution in [3.63, 3.8) is 0 Å². The van der Waals surface area contributed by atoms with Gasteiger partial charge in [-0.2, -0.15) is 0 Å². The van der Waals surface area contributed by atoms with Crippen LogP contribution in [0.25, 0.3) is 0 Å². The molecule has 0 atom stereocenters. The van der Waals surface area contributed by atoms with Crippen LogP contribution in [0.4, 0.5) is 0 Å². The molecule has 4 heteroatoms. The monoisotopic (exact) mass is 235 g/mol. The highest BCUT2D eigenvalue weighted by molar-refractivity contribution is 6.05. The number of hydrogen-bond acceptors (Lipinski definition) is 4. The Hall–Kier alpha value is -1.71. The average molecular weight is 235 g/mol. The molecule has 0 spiro atoms. The zero-order valence-corrected chi connectivity index (χ0v) is 10.1. The number of ether oxygens (including phenoxy) is 2. The van der Waals surface area contributed by atoms with E-state index >= 15 is 0 Å². The maximum Gasteiger partial charge on any atom is 0.134 e. The maximum absolute atomic E-state index is 8.76. The summed E-state index contributed by atoms with van der Waals surface area (Å²) in [6.07, 6.45) is 1.03. The van der Waals surface area contributed by atoms with Crippen LogP contribution in [0.5, 0.6) is 11.5 Å². The molecule has 1 aliphatic heterocycles. The van der Waals surface area contributed by atoms with Gasteiger partial charge in [-0.3, -0.25) is 0 Å². The van der Waals surface area contributed by atoms with Gasteiger partial charge in [-0.05, 0) is 24.5 Å². The molecule has 0 radical (unpaired) electrons. The number of fused-ring (bicyclic) bond motifs is 1. The fraction of sp³-hybridized carbons (Fsp3) is 0.462. The Morgan fingerprint density at radius 1 is 1.47 bits per heavy atom. The fourth-order valence-corrected chi connectivity index (χ4v) is 1.67. The molecule has 1 heterocycles. The minimum absolute atomic E-state index is 0.321. The number of rotatable bonds is 4. The van der Waals surface area contributed by atoms with Gasteiger partial charge in [-0.25, -0.2) is 0 Å². The van der Waals surface area contributed by atoms with Crippen LogP contribution >= 0.6 is 0 Å². The van der Waals surface area contributed by atoms with Crippen molar-refractivity contribution in [1.82, 2.24) is 0 Å². The molecule has 0 saturated carbocycles. The van der Waals surface area contributed by atoms with Gasteiger partial charge in [0.2, 0.25) is 0 Å². The highest BCUT2D eigenvalue weighted by atomic mass is 16.5. The molecule has 4 nitrogen and oxygen atoms in total. The Labute approximate surface area is 101 Å². The molecule has 0 unspecified atom stereocenters. The molecule has 1 N–H and O–H groups in total. The van der Waals surface area contributed by atoms with Gasteiger partial charge < -0.3 is 14.7 Å². The average Bonchev–Trinajstić information content (AvgIpc) is 2.70. The molecule has 0 aliphatic carbocycles. The first-order chi connectivity index (χ1) is 8.20. The summed E-state index contributed by atoms with van der Waals surface area (Å²) >= 11 is 0. The number of hydrogen-bond donors (Lipinski definition) is 1. The van der Waals surface area contributed by atoms with Crippen LogP contribution in [0, 0.1) is 5.92 Å². The first-order valence-electron chi connectivity index (χ1n) is 5.81. The Balaban J connectivity index is 2.03. The molecule has 0 amide bonds. The van der Waals surface area contributed by atoms with E-state index in [4.69, 9.17) is 14.7 Å². The lowest BCUT2D eigenvalue weighted by atomic mass is 10.1. The zero-order valence-electron chi connectivity index (χ0n) is 10.1. The lowest BCUT2D eigenvalue weighted by molar-refractivity contribution is 0.287. The second kappa shape index (κ2) is 5.08. The smallest absolute Gasteiger partial charge is 0.134 e. The first kappa shape index (κ1) is 11.8. The Bertz CT molecular complexity index is 427. The van der Waals surface area contributed by atoms with Crippen LogP contribution < -0.4 is 9.47 Å². The van der Waals surface area contributed by atoms with Crippen molar-refractivity contribution in [2.24, 2.45) is 11.1 Å². The number of benzene rings is 1. The van der Waals surface area contributed by atoms with Gasteiger partial charge >= 0.3 is 0 Å². The highest BCUT2D eigenvalue weighted by Gasteiger charge is 2.20. The van der Waals surface area contributed by atoms with Gasteiger partial charge in [0.25, 0.3) is 0 Å². The molecule has 0 aromatic heterocycles. The van der Waals surface area contributed by atoms with Crippen LogP contribution in [0.15, 0.2) is 23.4 Å². The third-order valence-corrected chi connectivity index (χ3v) is 2.71. The van der Waals surface area contributed by atoms with Crippen molar-refractivity contribution in [3.8, 4) is 11.5 Å². The maximum atomic E-state index is 8.76. The molecular formula is C13H17NO3. The SMILES string of the molecule is CC(C)CCOc1ccc2c(c1)OCC2=NO. The van der Waals surface area contributed by atoms with E-state index < -0.39 is 0 Å². The Morgan fingerprint density at radius 3 is 3.00 bits per heavy atom. The van der Waals surface area contributed by atoms with Crippen molar-refractivity contribution in [2.45, 2.75) is 20.3 Å². The van der Waals surface area contributed by atoms with Crippen LogP contribution in [-0.2, 0) is 0 Å². The first-order valence-corrected chi connectivity index (χ1v) is 5.81. The lowest BCUT2D eigenvalue weighted by Crippen LogP contribution is -2.02. The van der Waals surface area contributed by atoms with E-state index in [0.717, 1.165) is 23.5 Å². The van der Waals surface area contributed by atoms with E-state index in [9.17, 15) is 0 Å². The van der Waals surface area contributed by atoms with Crippen molar-refractivity contribution in [1.29, 1.82) is 0 Å². The molecule has 1 aromatic rings. The summed E-state index contributed by atoms with van der Waals surface area (Å²) in [6, 6.07) is 5.58. The molecule has 1 aliphatic rings.